The second kappa shape index (κ2) is 3.34. The molecule has 0 N–H and O–H groups in total. The summed E-state index contributed by atoms with van der Waals surface area (Å²) in [4.78, 5) is 12.2. The molecule has 1 spiro atoms. The van der Waals surface area contributed by atoms with Crippen LogP contribution in [0, 0.1) is 18.8 Å². The molecule has 1 aromatic rings. The van der Waals surface area contributed by atoms with Crippen LogP contribution >= 0.6 is 0 Å². The fourth-order valence-electron chi connectivity index (χ4n) is 4.69. The topological polar surface area (TPSA) is 17.1 Å². The van der Waals surface area contributed by atoms with E-state index in [1.165, 1.54) is 24.0 Å². The maximum Gasteiger partial charge on any atom is 0.163 e. The quantitative estimate of drug-likeness (QED) is 0.628. The average Bonchev–Trinajstić information content (AvgIpc) is 2.95. The van der Waals surface area contributed by atoms with Crippen LogP contribution in [0.2, 0.25) is 0 Å². The zero-order valence-electron chi connectivity index (χ0n) is 10.8. The molecule has 0 aliphatic heterocycles. The first-order valence-corrected chi connectivity index (χ1v) is 7.02. The third-order valence-electron chi connectivity index (χ3n) is 5.38. The Hall–Kier alpha value is -1.37. The van der Waals surface area contributed by atoms with Crippen LogP contribution in [0.15, 0.2) is 30.4 Å². The lowest BCUT2D eigenvalue weighted by atomic mass is 9.61. The standard InChI is InChI=1S/C17H18O/c1-11-3-2-4-14-15(18)7-8-17(16(11)14)10-12-5-6-13(17)9-12/h2-6,12-13H,7-10H2,1H3. The van der Waals surface area contributed by atoms with Crippen LogP contribution in [-0.2, 0) is 5.41 Å². The molecule has 0 amide bonds. The number of carbonyl (C=O) groups excluding carboxylic acids is 1. The van der Waals surface area contributed by atoms with Crippen molar-refractivity contribution < 1.29 is 4.79 Å². The molecule has 1 fully saturated rings. The minimum atomic E-state index is 0.286. The molecule has 0 radical (unpaired) electrons. The number of aryl methyl sites for hydroxylation is 1. The summed E-state index contributed by atoms with van der Waals surface area (Å²) in [6.45, 7) is 2.18. The summed E-state index contributed by atoms with van der Waals surface area (Å²) >= 11 is 0. The zero-order chi connectivity index (χ0) is 12.3. The van der Waals surface area contributed by atoms with Crippen molar-refractivity contribution in [3.63, 3.8) is 0 Å². The molecule has 2 bridgehead atoms. The van der Waals surface area contributed by atoms with E-state index >= 15 is 0 Å². The highest BCUT2D eigenvalue weighted by Crippen LogP contribution is 2.58. The predicted octanol–water partition coefficient (Wildman–Crippen LogP) is 3.81. The molecule has 1 nitrogen and oxygen atoms in total. The Labute approximate surface area is 108 Å². The zero-order valence-corrected chi connectivity index (χ0v) is 10.8. The summed E-state index contributed by atoms with van der Waals surface area (Å²) < 4.78 is 0. The van der Waals surface area contributed by atoms with Crippen LogP contribution in [0.4, 0.5) is 0 Å². The average molecular weight is 238 g/mol. The van der Waals surface area contributed by atoms with Gasteiger partial charge in [0.1, 0.15) is 0 Å². The van der Waals surface area contributed by atoms with E-state index in [9.17, 15) is 4.79 Å². The molecule has 1 heteroatoms. The van der Waals surface area contributed by atoms with Crippen LogP contribution in [0.5, 0.6) is 0 Å². The molecule has 3 aliphatic carbocycles. The number of hydrogen-bond donors (Lipinski definition) is 0. The smallest absolute Gasteiger partial charge is 0.163 e. The van der Waals surface area contributed by atoms with Crippen molar-refractivity contribution in [1.82, 2.24) is 0 Å². The molecule has 3 unspecified atom stereocenters. The van der Waals surface area contributed by atoms with Gasteiger partial charge >= 0.3 is 0 Å². The molecular formula is C17H18O. The lowest BCUT2D eigenvalue weighted by Gasteiger charge is -2.41. The Bertz CT molecular complexity index is 569. The number of fused-ring (bicyclic) bond motifs is 5. The van der Waals surface area contributed by atoms with E-state index in [1.54, 1.807) is 0 Å². The molecule has 1 saturated carbocycles. The SMILES string of the molecule is Cc1cccc2c1C1(CCC2=O)CC2C=CC1C2. The molecule has 18 heavy (non-hydrogen) atoms. The van der Waals surface area contributed by atoms with Gasteiger partial charge in [0.25, 0.3) is 0 Å². The number of carbonyl (C=O) groups is 1. The highest BCUT2D eigenvalue weighted by Gasteiger charge is 2.52. The Kier molecular flexibility index (Phi) is 1.96. The first-order valence-electron chi connectivity index (χ1n) is 7.02. The maximum absolute atomic E-state index is 12.2. The lowest BCUT2D eigenvalue weighted by Crippen LogP contribution is -2.37. The van der Waals surface area contributed by atoms with Gasteiger partial charge in [-0.15, -0.1) is 0 Å². The van der Waals surface area contributed by atoms with Crippen molar-refractivity contribution in [3.05, 3.63) is 47.0 Å². The Morgan fingerprint density at radius 1 is 1.28 bits per heavy atom. The molecule has 92 valence electrons. The Morgan fingerprint density at radius 3 is 2.89 bits per heavy atom. The molecule has 4 rings (SSSR count). The minimum absolute atomic E-state index is 0.286. The number of allylic oxidation sites excluding steroid dienone is 2. The molecule has 0 aromatic heterocycles. The fraction of sp³-hybridized carbons (Fsp3) is 0.471. The molecule has 0 saturated heterocycles. The highest BCUT2D eigenvalue weighted by molar-refractivity contribution is 5.99. The van der Waals surface area contributed by atoms with Crippen molar-refractivity contribution in [2.75, 3.05) is 0 Å². The van der Waals surface area contributed by atoms with Gasteiger partial charge in [-0.2, -0.15) is 0 Å². The first-order chi connectivity index (χ1) is 8.71. The number of Topliss-reactive ketones (excluding diaryl/α,β-unsaturated/α-hetero) is 1. The largest absolute Gasteiger partial charge is 0.294 e. The summed E-state index contributed by atoms with van der Waals surface area (Å²) in [6.07, 6.45) is 9.19. The normalized spacial score (nSPS) is 36.4. The van der Waals surface area contributed by atoms with E-state index in [0.717, 1.165) is 24.3 Å². The predicted molar refractivity (Wildman–Crippen MR) is 71.8 cm³/mol. The van der Waals surface area contributed by atoms with Gasteiger partial charge in [-0.05, 0) is 49.1 Å². The number of ketones is 1. The van der Waals surface area contributed by atoms with Crippen molar-refractivity contribution >= 4 is 5.78 Å². The van der Waals surface area contributed by atoms with Crippen LogP contribution in [0.3, 0.4) is 0 Å². The van der Waals surface area contributed by atoms with Crippen molar-refractivity contribution in [3.8, 4) is 0 Å². The summed E-state index contributed by atoms with van der Waals surface area (Å²) in [7, 11) is 0. The van der Waals surface area contributed by atoms with Crippen LogP contribution in [0.1, 0.15) is 47.2 Å². The third-order valence-corrected chi connectivity index (χ3v) is 5.38. The summed E-state index contributed by atoms with van der Waals surface area (Å²) in [5.74, 6) is 1.79. The van der Waals surface area contributed by atoms with Crippen molar-refractivity contribution in [1.29, 1.82) is 0 Å². The van der Waals surface area contributed by atoms with E-state index in [-0.39, 0.29) is 5.41 Å². The van der Waals surface area contributed by atoms with Crippen molar-refractivity contribution in [2.45, 2.75) is 38.0 Å². The molecular weight excluding hydrogens is 220 g/mol. The van der Waals surface area contributed by atoms with Gasteiger partial charge < -0.3 is 0 Å². The Morgan fingerprint density at radius 2 is 2.17 bits per heavy atom. The van der Waals surface area contributed by atoms with Gasteiger partial charge in [-0.25, -0.2) is 0 Å². The number of hydrogen-bond acceptors (Lipinski definition) is 1. The second-order valence-electron chi connectivity index (χ2n) is 6.27. The van der Waals surface area contributed by atoms with Gasteiger partial charge in [0, 0.05) is 17.4 Å². The van der Waals surface area contributed by atoms with E-state index in [1.807, 2.05) is 12.1 Å². The van der Waals surface area contributed by atoms with Crippen LogP contribution < -0.4 is 0 Å². The van der Waals surface area contributed by atoms with E-state index in [4.69, 9.17) is 0 Å². The molecule has 3 aliphatic rings. The van der Waals surface area contributed by atoms with Gasteiger partial charge in [0.05, 0.1) is 0 Å². The van der Waals surface area contributed by atoms with Crippen LogP contribution in [-0.4, -0.2) is 5.78 Å². The number of benzene rings is 1. The summed E-state index contributed by atoms with van der Waals surface area (Å²) in [5, 5.41) is 0. The maximum atomic E-state index is 12.2. The van der Waals surface area contributed by atoms with Crippen LogP contribution in [0.25, 0.3) is 0 Å². The molecule has 0 heterocycles. The second-order valence-corrected chi connectivity index (χ2v) is 6.27. The van der Waals surface area contributed by atoms with Gasteiger partial charge in [0.2, 0.25) is 0 Å². The first kappa shape index (κ1) is 10.5. The Balaban J connectivity index is 1.97. The summed E-state index contributed by atoms with van der Waals surface area (Å²) in [5.41, 5.74) is 4.01. The lowest BCUT2D eigenvalue weighted by molar-refractivity contribution is 0.0943. The van der Waals surface area contributed by atoms with Gasteiger partial charge in [-0.1, -0.05) is 30.4 Å². The van der Waals surface area contributed by atoms with Gasteiger partial charge in [-0.3, -0.25) is 4.79 Å². The van der Waals surface area contributed by atoms with Crippen molar-refractivity contribution in [2.24, 2.45) is 11.8 Å². The number of rotatable bonds is 0. The molecule has 3 atom stereocenters. The van der Waals surface area contributed by atoms with Gasteiger partial charge in [0.15, 0.2) is 5.78 Å². The monoisotopic (exact) mass is 238 g/mol. The van der Waals surface area contributed by atoms with E-state index < -0.39 is 0 Å². The fourth-order valence-corrected chi connectivity index (χ4v) is 4.69. The van der Waals surface area contributed by atoms with E-state index in [0.29, 0.717) is 11.7 Å². The minimum Gasteiger partial charge on any atom is -0.294 e. The molecule has 1 aromatic carbocycles. The highest BCUT2D eigenvalue weighted by atomic mass is 16.1. The summed E-state index contributed by atoms with van der Waals surface area (Å²) in [6, 6.07) is 6.25. The third kappa shape index (κ3) is 1.15. The van der Waals surface area contributed by atoms with E-state index in [2.05, 4.69) is 25.1 Å².